The summed E-state index contributed by atoms with van der Waals surface area (Å²) >= 11 is 0. The Bertz CT molecular complexity index is 826. The molecule has 0 aliphatic heterocycles. The molecule has 0 spiro atoms. The van der Waals surface area contributed by atoms with Crippen LogP contribution in [-0.2, 0) is 28.6 Å². The van der Waals surface area contributed by atoms with E-state index in [2.05, 4.69) is 20.8 Å². The molecule has 59 heavy (non-hydrogen) atoms. The molecule has 0 aromatic heterocycles. The smallest absolute Gasteiger partial charge is 0.306 e. The van der Waals surface area contributed by atoms with Crippen LogP contribution in [0.5, 0.6) is 0 Å². The molecule has 0 aliphatic rings. The zero-order chi connectivity index (χ0) is 43.0. The van der Waals surface area contributed by atoms with Crippen molar-refractivity contribution in [3.8, 4) is 0 Å². The lowest BCUT2D eigenvalue weighted by Crippen LogP contribution is -2.23. The summed E-state index contributed by atoms with van der Waals surface area (Å²) in [7, 11) is 0. The van der Waals surface area contributed by atoms with E-state index in [1.807, 2.05) is 0 Å². The average Bonchev–Trinajstić information content (AvgIpc) is 3.23. The van der Waals surface area contributed by atoms with Crippen LogP contribution in [0.1, 0.15) is 303 Å². The van der Waals surface area contributed by atoms with Crippen molar-refractivity contribution < 1.29 is 28.6 Å². The number of ether oxygens (including phenoxy) is 3. The van der Waals surface area contributed by atoms with Crippen molar-refractivity contribution in [3.05, 3.63) is 0 Å². The lowest BCUT2D eigenvalue weighted by molar-refractivity contribution is -0.153. The fourth-order valence-electron chi connectivity index (χ4n) is 8.12. The average molecular weight is 835 g/mol. The van der Waals surface area contributed by atoms with Gasteiger partial charge in [0.05, 0.1) is 13.2 Å². The van der Waals surface area contributed by atoms with Crippen molar-refractivity contribution in [3.63, 3.8) is 0 Å². The molecule has 0 fully saturated rings. The van der Waals surface area contributed by atoms with Crippen LogP contribution in [-0.4, -0.2) is 37.2 Å². The minimum absolute atomic E-state index is 0.172. The molecule has 0 aromatic carbocycles. The van der Waals surface area contributed by atoms with Gasteiger partial charge in [-0.3, -0.25) is 14.4 Å². The van der Waals surface area contributed by atoms with Crippen LogP contribution in [0.2, 0.25) is 0 Å². The number of unbranched alkanes of at least 4 members (excludes halogenated alkanes) is 36. The van der Waals surface area contributed by atoms with Crippen LogP contribution >= 0.6 is 0 Å². The van der Waals surface area contributed by atoms with Gasteiger partial charge in [0, 0.05) is 32.1 Å². The molecule has 0 radical (unpaired) electrons. The van der Waals surface area contributed by atoms with E-state index < -0.39 is 6.10 Å². The molecule has 0 unspecified atom stereocenters. The van der Waals surface area contributed by atoms with Crippen LogP contribution in [0.4, 0.5) is 0 Å². The molecular formula is C53H102O6. The topological polar surface area (TPSA) is 78.9 Å². The van der Waals surface area contributed by atoms with Crippen LogP contribution < -0.4 is 0 Å². The second-order valence-electron chi connectivity index (χ2n) is 18.1. The van der Waals surface area contributed by atoms with Gasteiger partial charge in [-0.15, -0.1) is 0 Å². The van der Waals surface area contributed by atoms with Gasteiger partial charge in [-0.25, -0.2) is 0 Å². The highest BCUT2D eigenvalue weighted by Gasteiger charge is 2.17. The highest BCUT2D eigenvalue weighted by atomic mass is 16.6. The van der Waals surface area contributed by atoms with Gasteiger partial charge in [0.1, 0.15) is 6.10 Å². The Hall–Kier alpha value is -1.59. The predicted molar refractivity (Wildman–Crippen MR) is 252 cm³/mol. The molecule has 0 bridgehead atoms. The SMILES string of the molecule is CCCCCCCCCCCCCCCC(=O)OCCC(CCOC(=O)CCCCCCCCCCCCCCC)OC(=O)CCCCCCCCCCCCCCC. The van der Waals surface area contributed by atoms with Crippen LogP contribution in [0.3, 0.4) is 0 Å². The first-order valence-corrected chi connectivity index (χ1v) is 26.5. The Labute approximate surface area is 368 Å². The molecule has 0 aromatic rings. The summed E-state index contributed by atoms with van der Waals surface area (Å²) in [6.45, 7) is 7.25. The number of esters is 3. The molecule has 0 saturated heterocycles. The van der Waals surface area contributed by atoms with Gasteiger partial charge in [-0.05, 0) is 19.3 Å². The van der Waals surface area contributed by atoms with Crippen molar-refractivity contribution in [2.45, 2.75) is 309 Å². The second kappa shape index (κ2) is 49.1. The summed E-state index contributed by atoms with van der Waals surface area (Å²) in [5, 5.41) is 0. The zero-order valence-electron chi connectivity index (χ0n) is 40.1. The Morgan fingerprint density at radius 2 is 0.492 bits per heavy atom. The maximum Gasteiger partial charge on any atom is 0.306 e. The molecule has 0 atom stereocenters. The summed E-state index contributed by atoms with van der Waals surface area (Å²) in [6, 6.07) is 0. The fraction of sp³-hybridized carbons (Fsp3) is 0.943. The second-order valence-corrected chi connectivity index (χ2v) is 18.1. The maximum atomic E-state index is 12.8. The highest BCUT2D eigenvalue weighted by molar-refractivity contribution is 5.70. The minimum atomic E-state index is -0.419. The number of carbonyl (C=O) groups excluding carboxylic acids is 3. The molecule has 350 valence electrons. The van der Waals surface area contributed by atoms with Crippen LogP contribution in [0.25, 0.3) is 0 Å². The molecule has 0 amide bonds. The first-order chi connectivity index (χ1) is 29.0. The number of hydrogen-bond acceptors (Lipinski definition) is 6. The van der Waals surface area contributed by atoms with Crippen molar-refractivity contribution in [1.29, 1.82) is 0 Å². The number of rotatable bonds is 49. The molecule has 0 N–H and O–H groups in total. The van der Waals surface area contributed by atoms with E-state index in [4.69, 9.17) is 14.2 Å². The lowest BCUT2D eigenvalue weighted by Gasteiger charge is -2.18. The van der Waals surface area contributed by atoms with Gasteiger partial charge in [0.15, 0.2) is 0 Å². The van der Waals surface area contributed by atoms with Gasteiger partial charge < -0.3 is 14.2 Å². The molecule has 0 rings (SSSR count). The van der Waals surface area contributed by atoms with Crippen LogP contribution in [0.15, 0.2) is 0 Å². The van der Waals surface area contributed by atoms with Crippen molar-refractivity contribution >= 4 is 17.9 Å². The third-order valence-corrected chi connectivity index (χ3v) is 12.2. The summed E-state index contributed by atoms with van der Waals surface area (Å²) in [4.78, 5) is 37.7. The van der Waals surface area contributed by atoms with Crippen molar-refractivity contribution in [2.24, 2.45) is 0 Å². The molecule has 0 aliphatic carbocycles. The normalized spacial score (nSPS) is 11.4. The third kappa shape index (κ3) is 47.3. The fourth-order valence-corrected chi connectivity index (χ4v) is 8.12. The number of hydrogen-bond donors (Lipinski definition) is 0. The molecule has 0 heterocycles. The van der Waals surface area contributed by atoms with E-state index >= 15 is 0 Å². The highest BCUT2D eigenvalue weighted by Crippen LogP contribution is 2.17. The quantitative estimate of drug-likeness (QED) is 0.0345. The Kier molecular flexibility index (Phi) is 47.7. The summed E-state index contributed by atoms with van der Waals surface area (Å²) in [6.07, 6.45) is 51.4. The van der Waals surface area contributed by atoms with E-state index in [1.54, 1.807) is 0 Å². The summed E-state index contributed by atoms with van der Waals surface area (Å²) in [5.41, 5.74) is 0. The summed E-state index contributed by atoms with van der Waals surface area (Å²) < 4.78 is 17.0. The van der Waals surface area contributed by atoms with Gasteiger partial charge in [0.2, 0.25) is 0 Å². The van der Waals surface area contributed by atoms with E-state index in [0.29, 0.717) is 32.1 Å². The first kappa shape index (κ1) is 57.4. The lowest BCUT2D eigenvalue weighted by atomic mass is 10.0. The van der Waals surface area contributed by atoms with E-state index in [1.165, 1.54) is 205 Å². The maximum absolute atomic E-state index is 12.8. The third-order valence-electron chi connectivity index (χ3n) is 12.2. The Balaban J connectivity index is 4.29. The van der Waals surface area contributed by atoms with E-state index in [-0.39, 0.29) is 31.1 Å². The van der Waals surface area contributed by atoms with Gasteiger partial charge in [0.25, 0.3) is 0 Å². The van der Waals surface area contributed by atoms with Crippen LogP contribution in [0, 0.1) is 0 Å². The molecule has 6 nitrogen and oxygen atoms in total. The minimum Gasteiger partial charge on any atom is -0.466 e. The van der Waals surface area contributed by atoms with Crippen molar-refractivity contribution in [1.82, 2.24) is 0 Å². The van der Waals surface area contributed by atoms with Gasteiger partial charge in [-0.1, -0.05) is 252 Å². The largest absolute Gasteiger partial charge is 0.466 e. The first-order valence-electron chi connectivity index (χ1n) is 26.5. The monoisotopic (exact) mass is 835 g/mol. The molecule has 6 heteroatoms. The van der Waals surface area contributed by atoms with Gasteiger partial charge in [-0.2, -0.15) is 0 Å². The van der Waals surface area contributed by atoms with Crippen molar-refractivity contribution in [2.75, 3.05) is 13.2 Å². The Morgan fingerprint density at radius 1 is 0.288 bits per heavy atom. The molecular weight excluding hydrogens is 733 g/mol. The molecule has 0 saturated carbocycles. The summed E-state index contributed by atoms with van der Waals surface area (Å²) in [5.74, 6) is -0.543. The van der Waals surface area contributed by atoms with E-state index in [0.717, 1.165) is 44.9 Å². The van der Waals surface area contributed by atoms with Gasteiger partial charge >= 0.3 is 17.9 Å². The Morgan fingerprint density at radius 3 is 0.729 bits per heavy atom. The number of carbonyl (C=O) groups is 3. The predicted octanol–water partition coefficient (Wildman–Crippen LogP) is 17.2. The zero-order valence-corrected chi connectivity index (χ0v) is 40.1. The standard InChI is InChI=1S/C53H102O6/c1-4-7-10-13-16-19-22-25-28-31-34-37-40-43-51(54)57-48-46-50(59-53(56)45-42-39-36-33-30-27-24-21-18-15-12-9-6-3)47-49-58-52(55)44-41-38-35-32-29-26-23-20-17-14-11-8-5-2/h50H,4-49H2,1-3H3. The van der Waals surface area contributed by atoms with E-state index in [9.17, 15) is 14.4 Å².